The maximum Gasteiger partial charge on any atom is 0.238 e. The van der Waals surface area contributed by atoms with E-state index in [1.54, 1.807) is 29.5 Å². The molecule has 0 aliphatic heterocycles. The van der Waals surface area contributed by atoms with Gasteiger partial charge in [0.05, 0.1) is 17.3 Å². The van der Waals surface area contributed by atoms with Crippen LogP contribution in [0.4, 0.5) is 11.4 Å². The SMILES string of the molecule is CC(c1cccs1)N(C)CC(=O)Nc1ccc(N)cc1Cl. The van der Waals surface area contributed by atoms with Gasteiger partial charge in [0.1, 0.15) is 0 Å². The number of nitrogens with two attached hydrogens (primary N) is 1. The molecular formula is C15H18ClN3OS. The highest BCUT2D eigenvalue weighted by Gasteiger charge is 2.16. The van der Waals surface area contributed by atoms with Gasteiger partial charge in [-0.15, -0.1) is 11.3 Å². The lowest BCUT2D eigenvalue weighted by atomic mass is 10.2. The Hall–Kier alpha value is -1.56. The molecule has 6 heteroatoms. The fourth-order valence-electron chi connectivity index (χ4n) is 1.93. The summed E-state index contributed by atoms with van der Waals surface area (Å²) in [6, 6.07) is 9.31. The van der Waals surface area contributed by atoms with Gasteiger partial charge in [-0.3, -0.25) is 9.69 Å². The normalized spacial score (nSPS) is 12.4. The van der Waals surface area contributed by atoms with E-state index in [9.17, 15) is 4.79 Å². The van der Waals surface area contributed by atoms with Gasteiger partial charge in [0.2, 0.25) is 5.91 Å². The largest absolute Gasteiger partial charge is 0.399 e. The number of rotatable bonds is 5. The minimum Gasteiger partial charge on any atom is -0.399 e. The van der Waals surface area contributed by atoms with E-state index in [0.29, 0.717) is 22.9 Å². The summed E-state index contributed by atoms with van der Waals surface area (Å²) in [6.07, 6.45) is 0. The molecule has 0 aliphatic carbocycles. The maximum absolute atomic E-state index is 12.1. The third-order valence-corrected chi connectivity index (χ3v) is 4.63. The van der Waals surface area contributed by atoms with Crippen molar-refractivity contribution in [3.8, 4) is 0 Å². The van der Waals surface area contributed by atoms with Crippen molar-refractivity contribution in [1.82, 2.24) is 4.90 Å². The molecule has 1 amide bonds. The van der Waals surface area contributed by atoms with Crippen molar-refractivity contribution >= 4 is 40.2 Å². The lowest BCUT2D eigenvalue weighted by Gasteiger charge is -2.23. The molecule has 112 valence electrons. The Morgan fingerprint density at radius 2 is 2.24 bits per heavy atom. The number of likely N-dealkylation sites (N-methyl/N-ethyl adjacent to an activating group) is 1. The average Bonchev–Trinajstić information content (AvgIpc) is 2.95. The molecule has 1 unspecified atom stereocenters. The molecule has 1 aromatic heterocycles. The van der Waals surface area contributed by atoms with Crippen molar-refractivity contribution in [3.63, 3.8) is 0 Å². The molecule has 1 aromatic carbocycles. The van der Waals surface area contributed by atoms with Crippen molar-refractivity contribution < 1.29 is 4.79 Å². The van der Waals surface area contributed by atoms with Crippen LogP contribution in [0.1, 0.15) is 17.8 Å². The molecule has 0 saturated carbocycles. The summed E-state index contributed by atoms with van der Waals surface area (Å²) in [7, 11) is 1.93. The van der Waals surface area contributed by atoms with Crippen LogP contribution in [0.25, 0.3) is 0 Å². The number of nitrogens with one attached hydrogen (secondary N) is 1. The Bertz CT molecular complexity index is 615. The molecule has 1 atom stereocenters. The third kappa shape index (κ3) is 4.20. The number of carbonyl (C=O) groups excluding carboxylic acids is 1. The smallest absolute Gasteiger partial charge is 0.238 e. The lowest BCUT2D eigenvalue weighted by Crippen LogP contribution is -2.32. The van der Waals surface area contributed by atoms with Crippen LogP contribution < -0.4 is 11.1 Å². The fourth-order valence-corrected chi connectivity index (χ4v) is 3.02. The van der Waals surface area contributed by atoms with Gasteiger partial charge in [0.25, 0.3) is 0 Å². The first-order chi connectivity index (χ1) is 9.97. The number of anilines is 2. The molecule has 0 saturated heterocycles. The zero-order valence-electron chi connectivity index (χ0n) is 12.0. The van der Waals surface area contributed by atoms with Crippen molar-refractivity contribution in [2.75, 3.05) is 24.6 Å². The van der Waals surface area contributed by atoms with Crippen LogP contribution in [0.3, 0.4) is 0 Å². The molecule has 21 heavy (non-hydrogen) atoms. The van der Waals surface area contributed by atoms with Gasteiger partial charge in [-0.1, -0.05) is 17.7 Å². The second-order valence-electron chi connectivity index (χ2n) is 4.89. The molecule has 0 radical (unpaired) electrons. The molecule has 2 rings (SSSR count). The summed E-state index contributed by atoms with van der Waals surface area (Å²) in [5.41, 5.74) is 6.78. The number of thiophene rings is 1. The monoisotopic (exact) mass is 323 g/mol. The van der Waals surface area contributed by atoms with E-state index in [1.165, 1.54) is 4.88 Å². The quantitative estimate of drug-likeness (QED) is 0.826. The predicted octanol–water partition coefficient (Wildman–Crippen LogP) is 3.62. The first-order valence-electron chi connectivity index (χ1n) is 6.56. The summed E-state index contributed by atoms with van der Waals surface area (Å²) < 4.78 is 0. The number of nitrogens with zero attached hydrogens (tertiary/aromatic N) is 1. The van der Waals surface area contributed by atoms with Gasteiger partial charge in [-0.2, -0.15) is 0 Å². The topological polar surface area (TPSA) is 58.4 Å². The molecule has 0 fully saturated rings. The van der Waals surface area contributed by atoms with Crippen LogP contribution in [0.15, 0.2) is 35.7 Å². The van der Waals surface area contributed by atoms with Gasteiger partial charge in [0.15, 0.2) is 0 Å². The van der Waals surface area contributed by atoms with Crippen molar-refractivity contribution in [3.05, 3.63) is 45.6 Å². The molecular weight excluding hydrogens is 306 g/mol. The molecule has 0 spiro atoms. The number of nitrogen functional groups attached to an aromatic ring is 1. The maximum atomic E-state index is 12.1. The highest BCUT2D eigenvalue weighted by molar-refractivity contribution is 7.10. The highest BCUT2D eigenvalue weighted by atomic mass is 35.5. The molecule has 3 N–H and O–H groups in total. The van der Waals surface area contributed by atoms with Gasteiger partial charge < -0.3 is 11.1 Å². The summed E-state index contributed by atoms with van der Waals surface area (Å²) in [5, 5.41) is 5.28. The van der Waals surface area contributed by atoms with E-state index in [4.69, 9.17) is 17.3 Å². The van der Waals surface area contributed by atoms with Crippen molar-refractivity contribution in [2.45, 2.75) is 13.0 Å². The Morgan fingerprint density at radius 1 is 1.48 bits per heavy atom. The Morgan fingerprint density at radius 3 is 2.86 bits per heavy atom. The van der Waals surface area contributed by atoms with Crippen LogP contribution in [-0.2, 0) is 4.79 Å². The minimum absolute atomic E-state index is 0.104. The van der Waals surface area contributed by atoms with Crippen molar-refractivity contribution in [2.24, 2.45) is 0 Å². The van der Waals surface area contributed by atoms with E-state index in [2.05, 4.69) is 18.3 Å². The first kappa shape index (κ1) is 15.8. The summed E-state index contributed by atoms with van der Waals surface area (Å²) in [5.74, 6) is -0.104. The number of benzene rings is 1. The molecule has 0 bridgehead atoms. The van der Waals surface area contributed by atoms with Gasteiger partial charge in [0, 0.05) is 16.6 Å². The average molecular weight is 324 g/mol. The number of hydrogen-bond donors (Lipinski definition) is 2. The van der Waals surface area contributed by atoms with E-state index >= 15 is 0 Å². The lowest BCUT2D eigenvalue weighted by molar-refractivity contribution is -0.117. The second kappa shape index (κ2) is 6.93. The number of amides is 1. The minimum atomic E-state index is -0.104. The zero-order valence-corrected chi connectivity index (χ0v) is 13.5. The standard InChI is InChI=1S/C15H18ClN3OS/c1-10(14-4-3-7-21-14)19(2)9-15(20)18-13-6-5-11(17)8-12(13)16/h3-8,10H,9,17H2,1-2H3,(H,18,20). The molecule has 4 nitrogen and oxygen atoms in total. The van der Waals surface area contributed by atoms with Gasteiger partial charge in [-0.25, -0.2) is 0 Å². The van der Waals surface area contributed by atoms with Crippen LogP contribution in [0, 0.1) is 0 Å². The summed E-state index contributed by atoms with van der Waals surface area (Å²) >= 11 is 7.73. The van der Waals surface area contributed by atoms with Crippen LogP contribution >= 0.6 is 22.9 Å². The number of halogens is 1. The second-order valence-corrected chi connectivity index (χ2v) is 6.28. The van der Waals surface area contributed by atoms with Crippen LogP contribution in [-0.4, -0.2) is 24.4 Å². The molecule has 0 aliphatic rings. The first-order valence-corrected chi connectivity index (χ1v) is 7.81. The summed E-state index contributed by atoms with van der Waals surface area (Å²) in [6.45, 7) is 2.37. The van der Waals surface area contributed by atoms with E-state index < -0.39 is 0 Å². The van der Waals surface area contributed by atoms with Crippen LogP contribution in [0.2, 0.25) is 5.02 Å². The van der Waals surface area contributed by atoms with Gasteiger partial charge in [-0.05, 0) is 43.6 Å². The molecule has 1 heterocycles. The van der Waals surface area contributed by atoms with Gasteiger partial charge >= 0.3 is 0 Å². The summed E-state index contributed by atoms with van der Waals surface area (Å²) in [4.78, 5) is 15.3. The highest BCUT2D eigenvalue weighted by Crippen LogP contribution is 2.25. The van der Waals surface area contributed by atoms with Crippen LogP contribution in [0.5, 0.6) is 0 Å². The van der Waals surface area contributed by atoms with E-state index in [1.807, 2.05) is 23.4 Å². The third-order valence-electron chi connectivity index (χ3n) is 3.28. The van der Waals surface area contributed by atoms with Crippen molar-refractivity contribution in [1.29, 1.82) is 0 Å². The molecule has 2 aromatic rings. The fraction of sp³-hybridized carbons (Fsp3) is 0.267. The van der Waals surface area contributed by atoms with E-state index in [-0.39, 0.29) is 11.9 Å². The van der Waals surface area contributed by atoms with E-state index in [0.717, 1.165) is 0 Å². The predicted molar refractivity (Wildman–Crippen MR) is 89.9 cm³/mol. The number of hydrogen-bond acceptors (Lipinski definition) is 4. The zero-order chi connectivity index (χ0) is 15.4. The Kier molecular flexibility index (Phi) is 5.22. The Labute approximate surface area is 133 Å². The Balaban J connectivity index is 1.95. The number of carbonyl (C=O) groups is 1.